The van der Waals surface area contributed by atoms with Gasteiger partial charge in [-0.15, -0.1) is 0 Å². The van der Waals surface area contributed by atoms with E-state index in [1.807, 2.05) is 0 Å². The van der Waals surface area contributed by atoms with Crippen molar-refractivity contribution in [1.82, 2.24) is 8.80 Å². The number of hydrogen-bond donors (Lipinski definition) is 0. The van der Waals surface area contributed by atoms with Crippen LogP contribution in [-0.4, -0.2) is 20.4 Å². The first kappa shape index (κ1) is 34.1. The van der Waals surface area contributed by atoms with Gasteiger partial charge in [-0.25, -0.2) is 0 Å². The maximum absolute atomic E-state index is 14.2. The Hall–Kier alpha value is -4.96. The maximum Gasteiger partial charge on any atom is 0.169 e. The second-order valence-corrected chi connectivity index (χ2v) is 21.9. The van der Waals surface area contributed by atoms with Crippen LogP contribution >= 0.6 is 0 Å². The molecule has 0 fully saturated rings. The van der Waals surface area contributed by atoms with Gasteiger partial charge in [0, 0.05) is 71.5 Å². The molecule has 0 amide bonds. The molecule has 1 atom stereocenters. The average Bonchev–Trinajstić information content (AvgIpc) is 3.88. The molecule has 57 heavy (non-hydrogen) atoms. The third-order valence-electron chi connectivity index (χ3n) is 16.2. The van der Waals surface area contributed by atoms with Crippen LogP contribution in [0.15, 0.2) is 54.6 Å². The number of carbonyl (C=O) groups is 2. The fourth-order valence-corrected chi connectivity index (χ4v) is 12.1. The van der Waals surface area contributed by atoms with Crippen LogP contribution in [0, 0.1) is 5.41 Å². The summed E-state index contributed by atoms with van der Waals surface area (Å²) in [6.07, 6.45) is 4.92. The lowest BCUT2D eigenvalue weighted by Crippen LogP contribution is -2.35. The summed E-state index contributed by atoms with van der Waals surface area (Å²) in [6.45, 7) is 25.0. The van der Waals surface area contributed by atoms with Gasteiger partial charge in [0.15, 0.2) is 11.6 Å². The van der Waals surface area contributed by atoms with E-state index in [2.05, 4.69) is 140 Å². The number of benzene rings is 5. The quantitative estimate of drug-likeness (QED) is 0.155. The predicted octanol–water partition coefficient (Wildman–Crippen LogP) is 13.7. The van der Waals surface area contributed by atoms with E-state index in [0.29, 0.717) is 12.2 Å². The van der Waals surface area contributed by atoms with E-state index in [4.69, 9.17) is 0 Å². The van der Waals surface area contributed by atoms with Crippen LogP contribution in [0.3, 0.4) is 0 Å². The van der Waals surface area contributed by atoms with Crippen molar-refractivity contribution in [3.05, 3.63) is 93.5 Å². The van der Waals surface area contributed by atoms with Crippen LogP contribution in [0.4, 0.5) is 0 Å². The van der Waals surface area contributed by atoms with Crippen LogP contribution in [0.25, 0.3) is 76.2 Å². The zero-order valence-electron chi connectivity index (χ0n) is 35.4. The van der Waals surface area contributed by atoms with Gasteiger partial charge < -0.3 is 8.80 Å². The normalized spacial score (nSPS) is 21.0. The fourth-order valence-electron chi connectivity index (χ4n) is 12.1. The molecule has 12 rings (SSSR count). The molecule has 5 aromatic carbocycles. The lowest BCUT2D eigenvalue weighted by molar-refractivity contribution is 0.0779. The Labute approximate surface area is 333 Å². The second-order valence-electron chi connectivity index (χ2n) is 21.9. The van der Waals surface area contributed by atoms with Gasteiger partial charge in [0.1, 0.15) is 0 Å². The van der Waals surface area contributed by atoms with Crippen molar-refractivity contribution in [2.45, 2.75) is 130 Å². The van der Waals surface area contributed by atoms with E-state index >= 15 is 0 Å². The van der Waals surface area contributed by atoms with E-state index in [9.17, 15) is 9.59 Å². The maximum atomic E-state index is 14.2. The first-order valence-corrected chi connectivity index (χ1v) is 21.4. The van der Waals surface area contributed by atoms with Gasteiger partial charge in [0.2, 0.25) is 0 Å². The van der Waals surface area contributed by atoms with Gasteiger partial charge in [0.25, 0.3) is 0 Å². The predicted molar refractivity (Wildman–Crippen MR) is 238 cm³/mol. The van der Waals surface area contributed by atoms with Crippen molar-refractivity contribution in [1.29, 1.82) is 0 Å². The molecule has 3 aliphatic rings. The molecular formula is C53H52N2O2. The van der Waals surface area contributed by atoms with Crippen molar-refractivity contribution in [3.8, 4) is 0 Å². The highest BCUT2D eigenvalue weighted by Crippen LogP contribution is 2.55. The first-order chi connectivity index (χ1) is 26.7. The van der Waals surface area contributed by atoms with Crippen molar-refractivity contribution < 1.29 is 9.59 Å². The van der Waals surface area contributed by atoms with E-state index in [1.165, 1.54) is 92.9 Å². The molecule has 4 heterocycles. The zero-order chi connectivity index (χ0) is 39.8. The average molecular weight is 749 g/mol. The molecule has 286 valence electrons. The Kier molecular flexibility index (Phi) is 5.88. The monoisotopic (exact) mass is 748 g/mol. The van der Waals surface area contributed by atoms with Crippen LogP contribution < -0.4 is 0 Å². The number of nitrogens with zero attached hydrogens (tertiary/aromatic N) is 2. The summed E-state index contributed by atoms with van der Waals surface area (Å²) in [5.74, 6) is 0.538. The standard InChI is InChI=1S/C53H52N2O2/c1-49(2,3)26-17-32-29-21-38-35(48(57)52(9,10)51(38,7)8)24-41(29)54-39-22-31-34-19-27(50(4,5)6)20-37-44-28-13-12-15-53(11)16-14-43(56)36(45(28)53)25-42(44)55(47(34)37)40(31)23-30(39)33(18-26)46(32)54/h17-25H,12-16H2,1-11H3. The topological polar surface area (TPSA) is 43.0 Å². The number of fused-ring (bicyclic) bond motifs is 14. The number of hydrogen-bond acceptors (Lipinski definition) is 2. The smallest absolute Gasteiger partial charge is 0.169 e. The van der Waals surface area contributed by atoms with Crippen LogP contribution in [0.5, 0.6) is 0 Å². The Bertz CT molecular complexity index is 3380. The van der Waals surface area contributed by atoms with E-state index in [1.54, 1.807) is 0 Å². The summed E-state index contributed by atoms with van der Waals surface area (Å²) in [4.78, 5) is 28.0. The second kappa shape index (κ2) is 9.83. The molecule has 0 saturated heterocycles. The summed E-state index contributed by atoms with van der Waals surface area (Å²) >= 11 is 0. The highest BCUT2D eigenvalue weighted by atomic mass is 16.1. The van der Waals surface area contributed by atoms with Crippen molar-refractivity contribution >= 4 is 87.8 Å². The molecule has 0 N–H and O–H groups in total. The molecule has 4 heteroatoms. The largest absolute Gasteiger partial charge is 0.308 e. The number of Topliss-reactive ketones (excluding diaryl/α,β-unsaturated/α-hetero) is 2. The molecule has 0 radical (unpaired) electrons. The highest BCUT2D eigenvalue weighted by Gasteiger charge is 2.52. The van der Waals surface area contributed by atoms with Crippen LogP contribution in [0.2, 0.25) is 0 Å². The van der Waals surface area contributed by atoms with Gasteiger partial charge in [0.05, 0.1) is 33.1 Å². The van der Waals surface area contributed by atoms with Gasteiger partial charge in [-0.1, -0.05) is 76.2 Å². The minimum Gasteiger partial charge on any atom is -0.308 e. The Morgan fingerprint density at radius 1 is 0.526 bits per heavy atom. The van der Waals surface area contributed by atoms with Crippen molar-refractivity contribution in [3.63, 3.8) is 0 Å². The minimum atomic E-state index is -0.490. The zero-order valence-corrected chi connectivity index (χ0v) is 35.4. The third-order valence-corrected chi connectivity index (χ3v) is 16.2. The van der Waals surface area contributed by atoms with E-state index in [0.717, 1.165) is 47.9 Å². The summed E-state index contributed by atoms with van der Waals surface area (Å²) in [5.41, 5.74) is 14.8. The molecule has 4 nitrogen and oxygen atoms in total. The van der Waals surface area contributed by atoms with Crippen molar-refractivity contribution in [2.24, 2.45) is 5.41 Å². The highest BCUT2D eigenvalue weighted by molar-refractivity contribution is 6.30. The van der Waals surface area contributed by atoms with Crippen molar-refractivity contribution in [2.75, 3.05) is 0 Å². The molecule has 0 aliphatic heterocycles. The van der Waals surface area contributed by atoms with E-state index in [-0.39, 0.29) is 27.4 Å². The number of aryl methyl sites for hydroxylation is 1. The Morgan fingerprint density at radius 2 is 1.04 bits per heavy atom. The number of ketones is 2. The summed E-state index contributed by atoms with van der Waals surface area (Å²) in [5, 5.41) is 10.2. The lowest BCUT2D eigenvalue weighted by atomic mass is 9.63. The minimum absolute atomic E-state index is 0.0502. The molecule has 1 unspecified atom stereocenters. The third kappa shape index (κ3) is 3.83. The molecule has 3 aliphatic carbocycles. The summed E-state index contributed by atoms with van der Waals surface area (Å²) in [7, 11) is 0. The van der Waals surface area contributed by atoms with Crippen LogP contribution in [-0.2, 0) is 28.1 Å². The van der Waals surface area contributed by atoms with Gasteiger partial charge in [-0.05, 0) is 124 Å². The van der Waals surface area contributed by atoms with Crippen LogP contribution in [0.1, 0.15) is 150 Å². The number of carbonyl (C=O) groups excluding carboxylic acids is 2. The van der Waals surface area contributed by atoms with E-state index < -0.39 is 5.41 Å². The summed E-state index contributed by atoms with van der Waals surface area (Å²) in [6, 6.07) is 21.6. The molecule has 0 bridgehead atoms. The number of rotatable bonds is 0. The molecule has 0 saturated carbocycles. The lowest BCUT2D eigenvalue weighted by Gasteiger charge is -2.41. The summed E-state index contributed by atoms with van der Waals surface area (Å²) < 4.78 is 5.00. The Balaban J connectivity index is 1.29. The van der Waals surface area contributed by atoms with Gasteiger partial charge >= 0.3 is 0 Å². The fraction of sp³-hybridized carbons (Fsp3) is 0.396. The first-order valence-electron chi connectivity index (χ1n) is 21.4. The van der Waals surface area contributed by atoms with Gasteiger partial charge in [-0.3, -0.25) is 9.59 Å². The van der Waals surface area contributed by atoms with Gasteiger partial charge in [-0.2, -0.15) is 0 Å². The SMILES string of the molecule is CC(C)(C)c1cc2c3cc4c(cc3n3c5cc6c7cc(C(C)(C)C)cc8c9c%10c%11c(cc9n(c6cc5c(c1)c23)c78)C(=O)CCC%11(C)CCC%10)C(=O)C(C)(C)C4(C)C. The molecule has 9 aromatic rings. The molecule has 0 spiro atoms. The molecule has 4 aromatic heterocycles. The number of aromatic nitrogens is 2. The Morgan fingerprint density at radius 3 is 1.63 bits per heavy atom. The molecular weight excluding hydrogens is 697 g/mol.